The first-order valence-corrected chi connectivity index (χ1v) is 10.5. The fraction of sp³-hybridized carbons (Fsp3) is 0.429. The molecule has 1 nitrogen and oxygen atoms in total. The molecule has 0 bridgehead atoms. The number of rotatable bonds is 6. The molecule has 0 amide bonds. The van der Waals surface area contributed by atoms with Crippen LogP contribution in [0.5, 0.6) is 5.75 Å². The van der Waals surface area contributed by atoms with E-state index in [1.54, 1.807) is 0 Å². The molecule has 1 heteroatoms. The summed E-state index contributed by atoms with van der Waals surface area (Å²) < 4.78 is 5.90. The first-order chi connectivity index (χ1) is 13.3. The Labute approximate surface area is 178 Å². The van der Waals surface area contributed by atoms with Crippen LogP contribution >= 0.6 is 0 Å². The van der Waals surface area contributed by atoms with Crippen molar-refractivity contribution >= 4 is 12.2 Å². The van der Waals surface area contributed by atoms with Gasteiger partial charge in [-0.05, 0) is 72.4 Å². The fourth-order valence-electron chi connectivity index (χ4n) is 3.20. The summed E-state index contributed by atoms with van der Waals surface area (Å²) in [6.07, 6.45) is 7.39. The Hall–Kier alpha value is -2.28. The highest BCUT2D eigenvalue weighted by Crippen LogP contribution is 2.33. The van der Waals surface area contributed by atoms with E-state index in [9.17, 15) is 0 Å². The lowest BCUT2D eigenvalue weighted by Crippen LogP contribution is -2.22. The van der Waals surface area contributed by atoms with Crippen LogP contribution in [0.3, 0.4) is 0 Å². The van der Waals surface area contributed by atoms with Gasteiger partial charge < -0.3 is 4.74 Å². The Morgan fingerprint density at radius 2 is 1.38 bits per heavy atom. The Kier molecular flexibility index (Phi) is 6.83. The number of hydrogen-bond donors (Lipinski definition) is 0. The van der Waals surface area contributed by atoms with Gasteiger partial charge in [0.25, 0.3) is 0 Å². The highest BCUT2D eigenvalue weighted by atomic mass is 16.5. The van der Waals surface area contributed by atoms with Crippen LogP contribution < -0.4 is 4.74 Å². The van der Waals surface area contributed by atoms with E-state index in [2.05, 4.69) is 104 Å². The molecule has 2 aromatic carbocycles. The number of allylic oxidation sites excluding steroid dienone is 1. The summed E-state index contributed by atoms with van der Waals surface area (Å²) in [4.78, 5) is 0. The monoisotopic (exact) mass is 390 g/mol. The van der Waals surface area contributed by atoms with Crippen molar-refractivity contribution in [1.29, 1.82) is 0 Å². The van der Waals surface area contributed by atoms with Crippen LogP contribution in [0, 0.1) is 0 Å². The molecule has 0 aliphatic rings. The highest BCUT2D eigenvalue weighted by Gasteiger charge is 2.23. The van der Waals surface area contributed by atoms with Gasteiger partial charge >= 0.3 is 0 Å². The molecular formula is C28H38O. The Balaban J connectivity index is 2.16. The number of benzene rings is 2. The SMILES string of the molecule is C=Cc1cc(C(C)(C)C)cc(C(C)(C)CC=Cc2ccc(OC(C)(C)C)cc2)c1. The molecule has 0 saturated carbocycles. The number of ether oxygens (including phenoxy) is 1. The van der Waals surface area contributed by atoms with Crippen molar-refractivity contribution < 1.29 is 4.74 Å². The molecular weight excluding hydrogens is 352 g/mol. The fourth-order valence-corrected chi connectivity index (χ4v) is 3.20. The maximum Gasteiger partial charge on any atom is 0.120 e. The summed E-state index contributed by atoms with van der Waals surface area (Å²) in [5.41, 5.74) is 5.10. The second kappa shape index (κ2) is 8.61. The van der Waals surface area contributed by atoms with E-state index in [1.165, 1.54) is 22.3 Å². The summed E-state index contributed by atoms with van der Waals surface area (Å²) in [5, 5.41) is 0. The first kappa shape index (κ1) is 23.0. The molecule has 0 radical (unpaired) electrons. The minimum absolute atomic E-state index is 0.0464. The van der Waals surface area contributed by atoms with Crippen molar-refractivity contribution in [2.45, 2.75) is 78.2 Å². The first-order valence-electron chi connectivity index (χ1n) is 10.5. The lowest BCUT2D eigenvalue weighted by atomic mass is 9.77. The zero-order valence-corrected chi connectivity index (χ0v) is 19.6. The van der Waals surface area contributed by atoms with Crippen molar-refractivity contribution in [2.24, 2.45) is 0 Å². The van der Waals surface area contributed by atoms with Crippen molar-refractivity contribution in [3.05, 3.63) is 77.4 Å². The third kappa shape index (κ3) is 6.92. The van der Waals surface area contributed by atoms with Crippen molar-refractivity contribution in [1.82, 2.24) is 0 Å². The average molecular weight is 391 g/mol. The predicted octanol–water partition coefficient (Wildman–Crippen LogP) is 8.19. The molecule has 0 aliphatic heterocycles. The molecule has 156 valence electrons. The molecule has 0 unspecified atom stereocenters. The molecule has 0 atom stereocenters. The molecule has 2 aromatic rings. The van der Waals surface area contributed by atoms with Crippen molar-refractivity contribution in [3.8, 4) is 5.75 Å². The van der Waals surface area contributed by atoms with E-state index >= 15 is 0 Å². The third-order valence-corrected chi connectivity index (χ3v) is 5.08. The van der Waals surface area contributed by atoms with Crippen LogP contribution in [-0.2, 0) is 10.8 Å². The summed E-state index contributed by atoms with van der Waals surface area (Å²) in [7, 11) is 0. The zero-order valence-electron chi connectivity index (χ0n) is 19.6. The van der Waals surface area contributed by atoms with E-state index < -0.39 is 0 Å². The average Bonchev–Trinajstić information content (AvgIpc) is 2.60. The van der Waals surface area contributed by atoms with E-state index in [4.69, 9.17) is 4.74 Å². The molecule has 0 aromatic heterocycles. The Bertz CT molecular complexity index is 853. The maximum atomic E-state index is 5.90. The van der Waals surface area contributed by atoms with Gasteiger partial charge in [0.05, 0.1) is 0 Å². The van der Waals surface area contributed by atoms with Crippen LogP contribution in [0.25, 0.3) is 12.2 Å². The molecule has 0 aliphatic carbocycles. The molecule has 0 heterocycles. The summed E-state index contributed by atoms with van der Waals surface area (Å²) >= 11 is 0. The van der Waals surface area contributed by atoms with Crippen LogP contribution in [0.15, 0.2) is 55.1 Å². The standard InChI is InChI=1S/C28H38O/c1-10-21-18-23(26(2,3)4)20-24(19-21)28(8,9)17-11-12-22-13-15-25(16-14-22)29-27(5,6)7/h10-16,18-20H,1,17H2,2-9H3. The number of hydrogen-bond acceptors (Lipinski definition) is 1. The van der Waals surface area contributed by atoms with Crippen LogP contribution in [0.1, 0.15) is 84.1 Å². The van der Waals surface area contributed by atoms with Gasteiger partial charge in [0.2, 0.25) is 0 Å². The highest BCUT2D eigenvalue weighted by molar-refractivity contribution is 5.53. The predicted molar refractivity (Wildman–Crippen MR) is 129 cm³/mol. The normalized spacial score (nSPS) is 13.0. The van der Waals surface area contributed by atoms with Gasteiger partial charge in [-0.15, -0.1) is 0 Å². The summed E-state index contributed by atoms with van der Waals surface area (Å²) in [6.45, 7) is 21.6. The largest absolute Gasteiger partial charge is 0.488 e. The second-order valence-corrected chi connectivity index (χ2v) is 10.6. The smallest absolute Gasteiger partial charge is 0.120 e. The van der Waals surface area contributed by atoms with E-state index in [1.807, 2.05) is 18.2 Å². The van der Waals surface area contributed by atoms with E-state index in [0.717, 1.165) is 12.2 Å². The quantitative estimate of drug-likeness (QED) is 0.483. The Morgan fingerprint density at radius 1 is 0.793 bits per heavy atom. The van der Waals surface area contributed by atoms with Gasteiger partial charge in [-0.25, -0.2) is 0 Å². The minimum atomic E-state index is -0.173. The van der Waals surface area contributed by atoms with Gasteiger partial charge in [0, 0.05) is 0 Å². The second-order valence-electron chi connectivity index (χ2n) is 10.6. The zero-order chi connectivity index (χ0) is 21.9. The molecule has 0 spiro atoms. The lowest BCUT2D eigenvalue weighted by Gasteiger charge is -2.28. The molecule has 0 fully saturated rings. The summed E-state index contributed by atoms with van der Waals surface area (Å²) in [6, 6.07) is 15.2. The molecule has 29 heavy (non-hydrogen) atoms. The van der Waals surface area contributed by atoms with E-state index in [-0.39, 0.29) is 16.4 Å². The summed E-state index contributed by atoms with van der Waals surface area (Å²) in [5.74, 6) is 0.908. The minimum Gasteiger partial charge on any atom is -0.488 e. The lowest BCUT2D eigenvalue weighted by molar-refractivity contribution is 0.131. The van der Waals surface area contributed by atoms with Gasteiger partial charge in [-0.3, -0.25) is 0 Å². The van der Waals surface area contributed by atoms with Crippen LogP contribution in [-0.4, -0.2) is 5.60 Å². The van der Waals surface area contributed by atoms with Crippen molar-refractivity contribution in [2.75, 3.05) is 0 Å². The third-order valence-electron chi connectivity index (χ3n) is 5.08. The van der Waals surface area contributed by atoms with Crippen LogP contribution in [0.4, 0.5) is 0 Å². The van der Waals surface area contributed by atoms with Gasteiger partial charge in [-0.2, -0.15) is 0 Å². The van der Waals surface area contributed by atoms with E-state index in [0.29, 0.717) is 0 Å². The Morgan fingerprint density at radius 3 is 1.90 bits per heavy atom. The molecule has 2 rings (SSSR count). The topological polar surface area (TPSA) is 9.23 Å². The van der Waals surface area contributed by atoms with Crippen molar-refractivity contribution in [3.63, 3.8) is 0 Å². The maximum absolute atomic E-state index is 5.90. The molecule has 0 N–H and O–H groups in total. The van der Waals surface area contributed by atoms with Crippen LogP contribution in [0.2, 0.25) is 0 Å². The molecule has 0 saturated heterocycles. The van der Waals surface area contributed by atoms with Gasteiger partial charge in [0.15, 0.2) is 0 Å². The van der Waals surface area contributed by atoms with Gasteiger partial charge in [0.1, 0.15) is 11.4 Å². The van der Waals surface area contributed by atoms with Gasteiger partial charge in [-0.1, -0.05) is 89.8 Å².